The van der Waals surface area contributed by atoms with Gasteiger partial charge in [-0.1, -0.05) is 6.07 Å². The van der Waals surface area contributed by atoms with Crippen LogP contribution in [0, 0.1) is 5.82 Å². The van der Waals surface area contributed by atoms with Crippen molar-refractivity contribution >= 4 is 21.6 Å². The van der Waals surface area contributed by atoms with Crippen LogP contribution >= 0.6 is 15.9 Å². The van der Waals surface area contributed by atoms with Crippen molar-refractivity contribution in [1.29, 1.82) is 0 Å². The molecule has 0 fully saturated rings. The lowest BCUT2D eigenvalue weighted by molar-refractivity contribution is 0.413. The van der Waals surface area contributed by atoms with E-state index in [1.165, 1.54) is 23.3 Å². The summed E-state index contributed by atoms with van der Waals surface area (Å²) in [6, 6.07) is 11.3. The standard InChI is InChI=1S/C17H17BrFNO/c1-21-15-6-3-11-2-5-14(8-12(11)9-15)20-17-10-13(19)4-7-16(17)18/h3-4,6-7,9-10,14,20H,2,5,8H2,1H3. The van der Waals surface area contributed by atoms with Gasteiger partial charge in [-0.15, -0.1) is 0 Å². The molecule has 2 aromatic rings. The first-order chi connectivity index (χ1) is 10.2. The number of anilines is 1. The highest BCUT2D eigenvalue weighted by molar-refractivity contribution is 9.10. The molecule has 1 unspecified atom stereocenters. The van der Waals surface area contributed by atoms with Crippen LogP contribution in [0.4, 0.5) is 10.1 Å². The molecule has 110 valence electrons. The molecule has 0 radical (unpaired) electrons. The molecular weight excluding hydrogens is 333 g/mol. The Balaban J connectivity index is 1.78. The fourth-order valence-corrected chi connectivity index (χ4v) is 3.17. The molecule has 0 bridgehead atoms. The van der Waals surface area contributed by atoms with Crippen molar-refractivity contribution < 1.29 is 9.13 Å². The zero-order chi connectivity index (χ0) is 14.8. The van der Waals surface area contributed by atoms with Crippen molar-refractivity contribution in [2.24, 2.45) is 0 Å². The third-order valence-corrected chi connectivity index (χ3v) is 4.62. The molecule has 0 saturated heterocycles. The number of hydrogen-bond donors (Lipinski definition) is 1. The first kappa shape index (κ1) is 14.4. The van der Waals surface area contributed by atoms with Gasteiger partial charge < -0.3 is 10.1 Å². The zero-order valence-electron chi connectivity index (χ0n) is 11.8. The highest BCUT2D eigenvalue weighted by atomic mass is 79.9. The smallest absolute Gasteiger partial charge is 0.125 e. The first-order valence-corrected chi connectivity index (χ1v) is 7.82. The number of halogens is 2. The van der Waals surface area contributed by atoms with Gasteiger partial charge in [0.1, 0.15) is 11.6 Å². The number of benzene rings is 2. The topological polar surface area (TPSA) is 21.3 Å². The lowest BCUT2D eigenvalue weighted by Crippen LogP contribution is -2.27. The summed E-state index contributed by atoms with van der Waals surface area (Å²) in [5, 5.41) is 3.44. The minimum Gasteiger partial charge on any atom is -0.497 e. The molecule has 0 spiro atoms. The van der Waals surface area contributed by atoms with Crippen LogP contribution in [0.3, 0.4) is 0 Å². The predicted molar refractivity (Wildman–Crippen MR) is 86.5 cm³/mol. The number of hydrogen-bond acceptors (Lipinski definition) is 2. The average Bonchev–Trinajstić information content (AvgIpc) is 2.50. The summed E-state index contributed by atoms with van der Waals surface area (Å²) in [6.07, 6.45) is 3.00. The van der Waals surface area contributed by atoms with Crippen LogP contribution in [0.5, 0.6) is 5.75 Å². The molecular formula is C17H17BrFNO. The fourth-order valence-electron chi connectivity index (χ4n) is 2.81. The van der Waals surface area contributed by atoms with E-state index in [1.54, 1.807) is 13.2 Å². The van der Waals surface area contributed by atoms with Crippen LogP contribution in [0.15, 0.2) is 40.9 Å². The van der Waals surface area contributed by atoms with Gasteiger partial charge in [-0.05, 0) is 76.7 Å². The Morgan fingerprint density at radius 3 is 2.86 bits per heavy atom. The van der Waals surface area contributed by atoms with E-state index in [2.05, 4.69) is 33.4 Å². The summed E-state index contributed by atoms with van der Waals surface area (Å²) in [7, 11) is 1.68. The SMILES string of the molecule is COc1ccc2c(c1)CC(Nc1cc(F)ccc1Br)CC2. The Kier molecular flexibility index (Phi) is 4.15. The number of ether oxygens (including phenoxy) is 1. The zero-order valence-corrected chi connectivity index (χ0v) is 13.4. The maximum atomic E-state index is 13.4. The van der Waals surface area contributed by atoms with Gasteiger partial charge in [0, 0.05) is 10.5 Å². The van der Waals surface area contributed by atoms with E-state index in [0.717, 1.165) is 35.2 Å². The lowest BCUT2D eigenvalue weighted by atomic mass is 9.88. The Bertz CT molecular complexity index is 659. The van der Waals surface area contributed by atoms with Crippen molar-refractivity contribution in [3.8, 4) is 5.75 Å². The maximum absolute atomic E-state index is 13.4. The van der Waals surface area contributed by atoms with Gasteiger partial charge in [-0.25, -0.2) is 4.39 Å². The minimum absolute atomic E-state index is 0.224. The highest BCUT2D eigenvalue weighted by Crippen LogP contribution is 2.29. The van der Waals surface area contributed by atoms with Gasteiger partial charge >= 0.3 is 0 Å². The van der Waals surface area contributed by atoms with E-state index >= 15 is 0 Å². The van der Waals surface area contributed by atoms with E-state index in [-0.39, 0.29) is 5.82 Å². The first-order valence-electron chi connectivity index (χ1n) is 7.03. The van der Waals surface area contributed by atoms with Gasteiger partial charge in [0.05, 0.1) is 12.8 Å². The molecule has 21 heavy (non-hydrogen) atoms. The lowest BCUT2D eigenvalue weighted by Gasteiger charge is -2.27. The van der Waals surface area contributed by atoms with Crippen LogP contribution in [-0.4, -0.2) is 13.2 Å². The number of methoxy groups -OCH3 is 1. The Labute approximate surface area is 132 Å². The van der Waals surface area contributed by atoms with Crippen molar-refractivity contribution in [3.05, 3.63) is 57.8 Å². The van der Waals surface area contributed by atoms with E-state index < -0.39 is 0 Å². The molecule has 0 amide bonds. The molecule has 4 heteroatoms. The van der Waals surface area contributed by atoms with E-state index in [0.29, 0.717) is 6.04 Å². The van der Waals surface area contributed by atoms with Gasteiger partial charge in [0.25, 0.3) is 0 Å². The van der Waals surface area contributed by atoms with Gasteiger partial charge in [0.2, 0.25) is 0 Å². The second-order valence-electron chi connectivity index (χ2n) is 5.34. The Hall–Kier alpha value is -1.55. The van der Waals surface area contributed by atoms with Gasteiger partial charge in [-0.2, -0.15) is 0 Å². The van der Waals surface area contributed by atoms with E-state index in [9.17, 15) is 4.39 Å². The summed E-state index contributed by atoms with van der Waals surface area (Å²) in [5.74, 6) is 0.667. The van der Waals surface area contributed by atoms with Gasteiger partial charge in [0.15, 0.2) is 0 Å². The quantitative estimate of drug-likeness (QED) is 0.876. The normalized spacial score (nSPS) is 17.2. The third kappa shape index (κ3) is 3.21. The summed E-state index contributed by atoms with van der Waals surface area (Å²) in [4.78, 5) is 0. The van der Waals surface area contributed by atoms with E-state index in [1.807, 2.05) is 6.07 Å². The summed E-state index contributed by atoms with van der Waals surface area (Å²) >= 11 is 3.46. The monoisotopic (exact) mass is 349 g/mol. The molecule has 0 aromatic heterocycles. The second kappa shape index (κ2) is 6.06. The minimum atomic E-state index is -0.224. The third-order valence-electron chi connectivity index (χ3n) is 3.93. The van der Waals surface area contributed by atoms with E-state index in [4.69, 9.17) is 4.74 Å². The molecule has 1 atom stereocenters. The molecule has 2 nitrogen and oxygen atoms in total. The maximum Gasteiger partial charge on any atom is 0.125 e. The Morgan fingerprint density at radius 1 is 1.19 bits per heavy atom. The largest absolute Gasteiger partial charge is 0.497 e. The molecule has 1 aliphatic carbocycles. The summed E-state index contributed by atoms with van der Waals surface area (Å²) < 4.78 is 19.5. The summed E-state index contributed by atoms with van der Waals surface area (Å²) in [5.41, 5.74) is 3.50. The van der Waals surface area contributed by atoms with Crippen molar-refractivity contribution in [2.45, 2.75) is 25.3 Å². The molecule has 0 saturated carbocycles. The average molecular weight is 350 g/mol. The van der Waals surface area contributed by atoms with Gasteiger partial charge in [-0.3, -0.25) is 0 Å². The van der Waals surface area contributed by atoms with Crippen LogP contribution in [0.2, 0.25) is 0 Å². The second-order valence-corrected chi connectivity index (χ2v) is 6.20. The highest BCUT2D eigenvalue weighted by Gasteiger charge is 2.19. The summed E-state index contributed by atoms with van der Waals surface area (Å²) in [6.45, 7) is 0. The predicted octanol–water partition coefficient (Wildman–Crippen LogP) is 4.57. The fraction of sp³-hybridized carbons (Fsp3) is 0.294. The molecule has 2 aromatic carbocycles. The van der Waals surface area contributed by atoms with Crippen molar-refractivity contribution in [2.75, 3.05) is 12.4 Å². The van der Waals surface area contributed by atoms with Crippen molar-refractivity contribution in [1.82, 2.24) is 0 Å². The number of aryl methyl sites for hydroxylation is 1. The van der Waals surface area contributed by atoms with Crippen LogP contribution in [-0.2, 0) is 12.8 Å². The Morgan fingerprint density at radius 2 is 2.05 bits per heavy atom. The molecule has 0 aliphatic heterocycles. The number of nitrogens with one attached hydrogen (secondary N) is 1. The number of rotatable bonds is 3. The van der Waals surface area contributed by atoms with Crippen LogP contribution in [0.1, 0.15) is 17.5 Å². The van der Waals surface area contributed by atoms with Crippen molar-refractivity contribution in [3.63, 3.8) is 0 Å². The van der Waals surface area contributed by atoms with Crippen LogP contribution in [0.25, 0.3) is 0 Å². The molecule has 0 heterocycles. The molecule has 3 rings (SSSR count). The molecule has 1 aliphatic rings. The van der Waals surface area contributed by atoms with Crippen LogP contribution < -0.4 is 10.1 Å². The molecule has 1 N–H and O–H groups in total. The number of fused-ring (bicyclic) bond motifs is 1.